The van der Waals surface area contributed by atoms with Gasteiger partial charge in [-0.25, -0.2) is 13.8 Å². The molecule has 3 aromatic heterocycles. The molecule has 0 aliphatic heterocycles. The summed E-state index contributed by atoms with van der Waals surface area (Å²) in [5.74, 6) is -1.94. The Morgan fingerprint density at radius 1 is 1.16 bits per heavy atom. The van der Waals surface area contributed by atoms with Crippen molar-refractivity contribution in [1.82, 2.24) is 15.0 Å². The molecule has 7 nitrogen and oxygen atoms in total. The van der Waals surface area contributed by atoms with E-state index in [9.17, 15) is 13.6 Å². The number of aryl methyl sites for hydroxylation is 1. The molecule has 37 heavy (non-hydrogen) atoms. The number of carbonyl (C=O) groups excluding carboxylic acids is 1. The molecule has 190 valence electrons. The number of ketones is 1. The number of hydrogen-bond donors (Lipinski definition) is 2. The predicted octanol–water partition coefficient (Wildman–Crippen LogP) is 6.73. The van der Waals surface area contributed by atoms with Crippen LogP contribution in [-0.2, 0) is 6.42 Å². The van der Waals surface area contributed by atoms with E-state index in [1.54, 1.807) is 36.5 Å². The quantitative estimate of drug-likeness (QED) is 0.291. The lowest BCUT2D eigenvalue weighted by Gasteiger charge is -2.34. The predicted molar refractivity (Wildman–Crippen MR) is 136 cm³/mol. The lowest BCUT2D eigenvalue weighted by atomic mass is 9.91. The van der Waals surface area contributed by atoms with Gasteiger partial charge in [-0.05, 0) is 37.1 Å². The highest BCUT2D eigenvalue weighted by Crippen LogP contribution is 2.44. The number of ether oxygens (including phenoxy) is 2. The first-order chi connectivity index (χ1) is 17.8. The molecular formula is C27H23ClF2N4O3. The van der Waals surface area contributed by atoms with Crippen LogP contribution in [-0.4, -0.2) is 39.9 Å². The molecule has 2 aliphatic rings. The Kier molecular flexibility index (Phi) is 5.75. The number of carbonyl (C=O) groups is 1. The fraction of sp³-hybridized carbons (Fsp3) is 0.296. The van der Waals surface area contributed by atoms with Crippen molar-refractivity contribution in [2.75, 3.05) is 12.4 Å². The lowest BCUT2D eigenvalue weighted by molar-refractivity contribution is -0.135. The maximum Gasteiger partial charge on any atom is 0.255 e. The van der Waals surface area contributed by atoms with Crippen molar-refractivity contribution in [3.05, 3.63) is 58.9 Å². The molecule has 1 saturated carbocycles. The normalized spacial score (nSPS) is 16.8. The van der Waals surface area contributed by atoms with E-state index >= 15 is 0 Å². The van der Waals surface area contributed by atoms with Crippen LogP contribution in [0.4, 0.5) is 20.2 Å². The summed E-state index contributed by atoms with van der Waals surface area (Å²) in [6.07, 6.45) is 2.36. The number of hydrogen-bond acceptors (Lipinski definition) is 6. The van der Waals surface area contributed by atoms with Gasteiger partial charge < -0.3 is 19.8 Å². The van der Waals surface area contributed by atoms with Crippen LogP contribution in [0.3, 0.4) is 0 Å². The largest absolute Gasteiger partial charge is 0.493 e. The molecule has 0 bridgehead atoms. The third kappa shape index (κ3) is 4.27. The molecule has 10 heteroatoms. The van der Waals surface area contributed by atoms with E-state index in [4.69, 9.17) is 21.1 Å². The molecule has 4 aromatic rings. The molecule has 3 heterocycles. The van der Waals surface area contributed by atoms with Crippen LogP contribution < -0.4 is 14.8 Å². The molecule has 0 unspecified atom stereocenters. The van der Waals surface area contributed by atoms with Crippen molar-refractivity contribution >= 4 is 39.8 Å². The Morgan fingerprint density at radius 2 is 2.00 bits per heavy atom. The number of anilines is 2. The fourth-order valence-electron chi connectivity index (χ4n) is 5.01. The molecule has 0 amide bonds. The Morgan fingerprint density at radius 3 is 2.78 bits per heavy atom. The number of halogens is 3. The smallest absolute Gasteiger partial charge is 0.255 e. The Bertz CT molecular complexity index is 1530. The second-order valence-electron chi connectivity index (χ2n) is 9.33. The summed E-state index contributed by atoms with van der Waals surface area (Å²) < 4.78 is 37.9. The molecule has 1 fully saturated rings. The number of fused-ring (bicyclic) bond motifs is 2. The SMILES string of the molecule is COc1c(Cl)cccc1Nc1c(-c2ccnc3ccc(OC4CC(F)(F)C4)nc23)[nH]c2c1C(=O)CCC2. The number of rotatable bonds is 6. The maximum atomic E-state index is 13.3. The summed E-state index contributed by atoms with van der Waals surface area (Å²) in [6.45, 7) is 0. The van der Waals surface area contributed by atoms with Crippen LogP contribution in [0.25, 0.3) is 22.3 Å². The zero-order chi connectivity index (χ0) is 25.7. The summed E-state index contributed by atoms with van der Waals surface area (Å²) in [7, 11) is 1.53. The Labute approximate surface area is 216 Å². The number of nitrogens with zero attached hydrogens (tertiary/aromatic N) is 2. The van der Waals surface area contributed by atoms with Crippen molar-refractivity contribution in [3.8, 4) is 22.9 Å². The number of para-hydroxylation sites is 1. The number of aromatic amines is 1. The van der Waals surface area contributed by atoms with Gasteiger partial charge in [0.15, 0.2) is 11.5 Å². The van der Waals surface area contributed by atoms with Crippen LogP contribution in [0.1, 0.15) is 41.7 Å². The molecule has 0 spiro atoms. The summed E-state index contributed by atoms with van der Waals surface area (Å²) in [6, 6.07) is 10.5. The van der Waals surface area contributed by atoms with Crippen molar-refractivity contribution in [1.29, 1.82) is 0 Å². The van der Waals surface area contributed by atoms with Crippen molar-refractivity contribution in [3.63, 3.8) is 0 Å². The molecular weight excluding hydrogens is 502 g/mol. The molecule has 0 atom stereocenters. The second kappa shape index (κ2) is 8.99. The summed E-state index contributed by atoms with van der Waals surface area (Å²) in [4.78, 5) is 25.6. The number of benzene rings is 1. The topological polar surface area (TPSA) is 89.1 Å². The molecule has 6 rings (SSSR count). The van der Waals surface area contributed by atoms with Crippen LogP contribution in [0, 0.1) is 0 Å². The average molecular weight is 525 g/mol. The van der Waals surface area contributed by atoms with Crippen molar-refractivity contribution in [2.24, 2.45) is 0 Å². The fourth-order valence-corrected chi connectivity index (χ4v) is 5.26. The van der Waals surface area contributed by atoms with Gasteiger partial charge in [0.2, 0.25) is 5.88 Å². The number of methoxy groups -OCH3 is 1. The van der Waals surface area contributed by atoms with Gasteiger partial charge in [-0.1, -0.05) is 17.7 Å². The highest BCUT2D eigenvalue weighted by Gasteiger charge is 2.47. The van der Waals surface area contributed by atoms with E-state index in [1.165, 1.54) is 7.11 Å². The van der Waals surface area contributed by atoms with Crippen LogP contribution in [0.15, 0.2) is 42.6 Å². The summed E-state index contributed by atoms with van der Waals surface area (Å²) in [5.41, 5.74) is 5.13. The number of Topliss-reactive ketones (excluding diaryl/α,β-unsaturated/α-hetero) is 1. The summed E-state index contributed by atoms with van der Waals surface area (Å²) >= 11 is 6.35. The first kappa shape index (κ1) is 23.7. The van der Waals surface area contributed by atoms with E-state index in [2.05, 4.69) is 20.3 Å². The standard InChI is InChI=1S/C27H23ClF2N4O3/c1-36-26-16(28)4-2-6-19(26)33-25-22-17(5-3-7-20(22)35)32-24(25)15-10-11-31-18-8-9-21(34-23(15)18)37-14-12-27(29,30)13-14/h2,4,6,8-11,14,32-33H,3,5,7,12-13H2,1H3. The number of aromatic nitrogens is 3. The minimum Gasteiger partial charge on any atom is -0.493 e. The van der Waals surface area contributed by atoms with E-state index < -0.39 is 12.0 Å². The van der Waals surface area contributed by atoms with Gasteiger partial charge >= 0.3 is 0 Å². The number of alkyl halides is 2. The van der Waals surface area contributed by atoms with Gasteiger partial charge in [0.05, 0.1) is 40.3 Å². The third-order valence-electron chi connectivity index (χ3n) is 6.79. The minimum absolute atomic E-state index is 0.0356. The number of nitrogens with one attached hydrogen (secondary N) is 2. The highest BCUT2D eigenvalue weighted by atomic mass is 35.5. The lowest BCUT2D eigenvalue weighted by Crippen LogP contribution is -2.43. The molecule has 2 N–H and O–H groups in total. The van der Waals surface area contributed by atoms with Gasteiger partial charge in [-0.15, -0.1) is 0 Å². The zero-order valence-electron chi connectivity index (χ0n) is 19.9. The van der Waals surface area contributed by atoms with Crippen molar-refractivity contribution < 1.29 is 23.0 Å². The maximum absolute atomic E-state index is 13.3. The molecule has 2 aliphatic carbocycles. The third-order valence-corrected chi connectivity index (χ3v) is 7.08. The van der Waals surface area contributed by atoms with Gasteiger partial charge in [-0.2, -0.15) is 0 Å². The molecule has 0 saturated heterocycles. The van der Waals surface area contributed by atoms with Crippen molar-refractivity contribution in [2.45, 2.75) is 44.1 Å². The summed E-state index contributed by atoms with van der Waals surface area (Å²) in [5, 5.41) is 3.82. The molecule has 0 radical (unpaired) electrons. The highest BCUT2D eigenvalue weighted by molar-refractivity contribution is 6.32. The van der Waals surface area contributed by atoms with E-state index in [0.717, 1.165) is 18.5 Å². The van der Waals surface area contributed by atoms with Gasteiger partial charge in [-0.3, -0.25) is 9.78 Å². The second-order valence-corrected chi connectivity index (χ2v) is 9.74. The molecule has 1 aromatic carbocycles. The van der Waals surface area contributed by atoms with Crippen LogP contribution in [0.2, 0.25) is 5.02 Å². The van der Waals surface area contributed by atoms with E-state index in [1.807, 2.05) is 6.07 Å². The van der Waals surface area contributed by atoms with Crippen LogP contribution in [0.5, 0.6) is 11.6 Å². The first-order valence-corrected chi connectivity index (χ1v) is 12.4. The average Bonchev–Trinajstić information content (AvgIpc) is 3.22. The monoisotopic (exact) mass is 524 g/mol. The Hall–Kier alpha value is -3.72. The van der Waals surface area contributed by atoms with E-state index in [0.29, 0.717) is 56.4 Å². The number of pyridine rings is 2. The van der Waals surface area contributed by atoms with Gasteiger partial charge in [0.25, 0.3) is 5.92 Å². The number of H-pyrrole nitrogens is 1. The Balaban J connectivity index is 1.48. The van der Waals surface area contributed by atoms with Gasteiger partial charge in [0.1, 0.15) is 11.6 Å². The first-order valence-electron chi connectivity index (χ1n) is 12.0. The van der Waals surface area contributed by atoms with Crippen LogP contribution >= 0.6 is 11.6 Å². The zero-order valence-corrected chi connectivity index (χ0v) is 20.7. The minimum atomic E-state index is -2.69. The van der Waals surface area contributed by atoms with Gasteiger partial charge in [0, 0.05) is 42.8 Å². The van der Waals surface area contributed by atoms with E-state index in [-0.39, 0.29) is 24.5 Å².